The zero-order valence-electron chi connectivity index (χ0n) is 12.0. The second-order valence-corrected chi connectivity index (χ2v) is 7.05. The monoisotopic (exact) mass is 302 g/mol. The van der Waals surface area contributed by atoms with E-state index in [1.807, 2.05) is 23.1 Å². The first kappa shape index (κ1) is 13.0. The number of anilines is 1. The second kappa shape index (κ2) is 4.63. The van der Waals surface area contributed by atoms with Gasteiger partial charge in [0.05, 0.1) is 12.8 Å². The van der Waals surface area contributed by atoms with Gasteiger partial charge in [0.1, 0.15) is 10.6 Å². The topological polar surface area (TPSA) is 55.6 Å². The van der Waals surface area contributed by atoms with Crippen molar-refractivity contribution in [2.75, 3.05) is 19.4 Å². The van der Waals surface area contributed by atoms with Crippen LogP contribution in [-0.2, 0) is 0 Å². The van der Waals surface area contributed by atoms with E-state index in [0.29, 0.717) is 22.5 Å². The van der Waals surface area contributed by atoms with E-state index in [1.54, 1.807) is 7.11 Å². The maximum Gasteiger partial charge on any atom is 0.266 e. The lowest BCUT2D eigenvalue weighted by Crippen LogP contribution is -2.37. The molecule has 21 heavy (non-hydrogen) atoms. The molecular formula is C16H18N2O2S. The molecule has 110 valence electrons. The SMILES string of the molecule is COc1ccc2c(N)c(C(=O)N3CC4CCC3C4)sc2c1. The number of fused-ring (bicyclic) bond motifs is 3. The molecule has 4 rings (SSSR count). The Labute approximate surface area is 127 Å². The van der Waals surface area contributed by atoms with Crippen molar-refractivity contribution in [1.29, 1.82) is 0 Å². The summed E-state index contributed by atoms with van der Waals surface area (Å²) in [7, 11) is 1.64. The van der Waals surface area contributed by atoms with Crippen LogP contribution in [0.3, 0.4) is 0 Å². The molecule has 2 unspecified atom stereocenters. The molecule has 0 spiro atoms. The Morgan fingerprint density at radius 3 is 2.95 bits per heavy atom. The van der Waals surface area contributed by atoms with E-state index in [9.17, 15) is 4.79 Å². The highest BCUT2D eigenvalue weighted by atomic mass is 32.1. The largest absolute Gasteiger partial charge is 0.497 e. The number of carbonyl (C=O) groups is 1. The van der Waals surface area contributed by atoms with Crippen molar-refractivity contribution in [2.45, 2.75) is 25.3 Å². The van der Waals surface area contributed by atoms with Crippen LogP contribution in [0.5, 0.6) is 5.75 Å². The van der Waals surface area contributed by atoms with Gasteiger partial charge >= 0.3 is 0 Å². The van der Waals surface area contributed by atoms with Gasteiger partial charge in [0.2, 0.25) is 0 Å². The number of benzene rings is 1. The smallest absolute Gasteiger partial charge is 0.266 e. The summed E-state index contributed by atoms with van der Waals surface area (Å²) < 4.78 is 6.26. The fraction of sp³-hybridized carbons (Fsp3) is 0.438. The molecule has 1 aliphatic carbocycles. The van der Waals surface area contributed by atoms with Crippen molar-refractivity contribution >= 4 is 33.0 Å². The van der Waals surface area contributed by atoms with Gasteiger partial charge in [0, 0.05) is 22.7 Å². The number of methoxy groups -OCH3 is 1. The van der Waals surface area contributed by atoms with Crippen LogP contribution in [0, 0.1) is 5.92 Å². The van der Waals surface area contributed by atoms with Crippen LogP contribution in [0.4, 0.5) is 5.69 Å². The standard InChI is InChI=1S/C16H18N2O2S/c1-20-11-4-5-12-13(7-11)21-15(14(12)17)16(19)18-8-9-2-3-10(18)6-9/h4-5,7,9-10H,2-3,6,8,17H2,1H3. The average molecular weight is 302 g/mol. The van der Waals surface area contributed by atoms with E-state index < -0.39 is 0 Å². The van der Waals surface area contributed by atoms with Crippen molar-refractivity contribution < 1.29 is 9.53 Å². The molecule has 2 fully saturated rings. The summed E-state index contributed by atoms with van der Waals surface area (Å²) in [5, 5.41) is 0.952. The van der Waals surface area contributed by atoms with Crippen LogP contribution < -0.4 is 10.5 Å². The number of amides is 1. The number of nitrogen functional groups attached to an aromatic ring is 1. The minimum absolute atomic E-state index is 0.111. The molecule has 5 heteroatoms. The Morgan fingerprint density at radius 2 is 2.29 bits per heavy atom. The van der Waals surface area contributed by atoms with Gasteiger partial charge in [-0.3, -0.25) is 4.79 Å². The molecular weight excluding hydrogens is 284 g/mol. The number of nitrogens with zero attached hydrogens (tertiary/aromatic N) is 1. The second-order valence-electron chi connectivity index (χ2n) is 6.00. The maximum atomic E-state index is 12.8. The predicted octanol–water partition coefficient (Wildman–Crippen LogP) is 3.12. The van der Waals surface area contributed by atoms with Crippen molar-refractivity contribution in [1.82, 2.24) is 4.90 Å². The number of hydrogen-bond acceptors (Lipinski definition) is 4. The van der Waals surface area contributed by atoms with Crippen molar-refractivity contribution in [2.24, 2.45) is 5.92 Å². The highest BCUT2D eigenvalue weighted by Gasteiger charge is 2.41. The molecule has 1 aliphatic heterocycles. The molecule has 1 aromatic carbocycles. The summed E-state index contributed by atoms with van der Waals surface area (Å²) in [5.74, 6) is 1.61. The summed E-state index contributed by atoms with van der Waals surface area (Å²) in [6.07, 6.45) is 3.59. The number of ether oxygens (including phenoxy) is 1. The van der Waals surface area contributed by atoms with E-state index in [4.69, 9.17) is 10.5 Å². The van der Waals surface area contributed by atoms with E-state index in [2.05, 4.69) is 0 Å². The van der Waals surface area contributed by atoms with Gasteiger partial charge < -0.3 is 15.4 Å². The van der Waals surface area contributed by atoms with Crippen molar-refractivity contribution in [3.8, 4) is 5.75 Å². The Morgan fingerprint density at radius 1 is 1.43 bits per heavy atom. The Hall–Kier alpha value is -1.75. The molecule has 1 saturated carbocycles. The maximum absolute atomic E-state index is 12.8. The third kappa shape index (κ3) is 1.91. The van der Waals surface area contributed by atoms with Gasteiger partial charge in [-0.2, -0.15) is 0 Å². The fourth-order valence-electron chi connectivity index (χ4n) is 3.69. The zero-order chi connectivity index (χ0) is 14.6. The van der Waals surface area contributed by atoms with Gasteiger partial charge in [0.25, 0.3) is 5.91 Å². The first-order chi connectivity index (χ1) is 10.2. The molecule has 2 N–H and O–H groups in total. The molecule has 2 aliphatic rings. The van der Waals surface area contributed by atoms with E-state index in [1.165, 1.54) is 24.2 Å². The van der Waals surface area contributed by atoms with Crippen LogP contribution in [0.15, 0.2) is 18.2 Å². The van der Waals surface area contributed by atoms with Crippen LogP contribution in [-0.4, -0.2) is 30.5 Å². The number of thiophene rings is 1. The first-order valence-electron chi connectivity index (χ1n) is 7.34. The highest BCUT2D eigenvalue weighted by Crippen LogP contribution is 2.41. The van der Waals surface area contributed by atoms with Gasteiger partial charge in [-0.05, 0) is 43.4 Å². The summed E-state index contributed by atoms with van der Waals surface area (Å²) in [5.41, 5.74) is 6.84. The number of rotatable bonds is 2. The summed E-state index contributed by atoms with van der Waals surface area (Å²) >= 11 is 1.48. The Balaban J connectivity index is 1.72. The van der Waals surface area contributed by atoms with Gasteiger partial charge in [-0.25, -0.2) is 0 Å². The van der Waals surface area contributed by atoms with E-state index >= 15 is 0 Å². The van der Waals surface area contributed by atoms with Crippen molar-refractivity contribution in [3.05, 3.63) is 23.1 Å². The summed E-state index contributed by atoms with van der Waals surface area (Å²) in [4.78, 5) is 15.5. The number of hydrogen-bond donors (Lipinski definition) is 1. The third-order valence-electron chi connectivity index (χ3n) is 4.80. The average Bonchev–Trinajstić information content (AvgIpc) is 3.20. The highest BCUT2D eigenvalue weighted by molar-refractivity contribution is 7.21. The quantitative estimate of drug-likeness (QED) is 0.927. The number of piperidine rings is 1. The van der Waals surface area contributed by atoms with Gasteiger partial charge in [-0.1, -0.05) is 0 Å². The molecule has 4 nitrogen and oxygen atoms in total. The lowest BCUT2D eigenvalue weighted by Gasteiger charge is -2.26. The molecule has 1 aromatic heterocycles. The van der Waals surface area contributed by atoms with Crippen LogP contribution in [0.2, 0.25) is 0 Å². The van der Waals surface area contributed by atoms with Crippen LogP contribution in [0.1, 0.15) is 28.9 Å². The van der Waals surface area contributed by atoms with Crippen molar-refractivity contribution in [3.63, 3.8) is 0 Å². The minimum Gasteiger partial charge on any atom is -0.497 e. The van der Waals surface area contributed by atoms with Crippen LogP contribution in [0.25, 0.3) is 10.1 Å². The zero-order valence-corrected chi connectivity index (χ0v) is 12.8. The first-order valence-corrected chi connectivity index (χ1v) is 8.16. The summed E-state index contributed by atoms with van der Waals surface area (Å²) in [6, 6.07) is 6.20. The lowest BCUT2D eigenvalue weighted by atomic mass is 10.1. The molecule has 2 bridgehead atoms. The molecule has 1 amide bonds. The Bertz CT molecular complexity index is 724. The molecule has 1 saturated heterocycles. The number of nitrogens with two attached hydrogens (primary N) is 1. The predicted molar refractivity (Wildman–Crippen MR) is 85.0 cm³/mol. The van der Waals surface area contributed by atoms with E-state index in [0.717, 1.165) is 28.8 Å². The normalized spacial score (nSPS) is 24.0. The third-order valence-corrected chi connectivity index (χ3v) is 5.96. The number of likely N-dealkylation sites (tertiary alicyclic amines) is 1. The van der Waals surface area contributed by atoms with Gasteiger partial charge in [-0.15, -0.1) is 11.3 Å². The van der Waals surface area contributed by atoms with E-state index in [-0.39, 0.29) is 5.91 Å². The Kier molecular flexibility index (Phi) is 2.85. The minimum atomic E-state index is 0.111. The summed E-state index contributed by atoms with van der Waals surface area (Å²) in [6.45, 7) is 0.903. The molecule has 2 atom stereocenters. The van der Waals surface area contributed by atoms with Crippen LogP contribution >= 0.6 is 11.3 Å². The van der Waals surface area contributed by atoms with Gasteiger partial charge in [0.15, 0.2) is 0 Å². The fourth-order valence-corrected chi connectivity index (χ4v) is 4.79. The number of carbonyl (C=O) groups excluding carboxylic acids is 1. The molecule has 0 radical (unpaired) electrons. The lowest BCUT2D eigenvalue weighted by molar-refractivity contribution is 0.0709. The molecule has 2 aromatic rings. The molecule has 2 heterocycles.